The average molecular weight is 758 g/mol. The van der Waals surface area contributed by atoms with Crippen molar-refractivity contribution in [2.24, 2.45) is 0 Å². The molecule has 2 aliphatic rings. The van der Waals surface area contributed by atoms with Gasteiger partial charge in [-0.25, -0.2) is 0 Å². The van der Waals surface area contributed by atoms with Gasteiger partial charge in [0.1, 0.15) is 11.5 Å². The molecule has 2 nitrogen and oxygen atoms in total. The van der Waals surface area contributed by atoms with Crippen LogP contribution in [0.15, 0.2) is 212 Å². The Kier molecular flexibility index (Phi) is 7.35. The number of para-hydroxylation sites is 2. The van der Waals surface area contributed by atoms with Gasteiger partial charge in [-0.1, -0.05) is 152 Å². The van der Waals surface area contributed by atoms with Crippen LogP contribution in [0, 0.1) is 0 Å². The van der Waals surface area contributed by atoms with Gasteiger partial charge >= 0.3 is 0 Å². The SMILES string of the molecule is c1ccc(N(c2ccc(-c3ccc4c(c3)C3(c5ccccc5O4)c4ccccc4-c4ccccc43)cc2)c2cccc(-c3cccc4c3sc3ccccc34)c2)cc1. The second kappa shape index (κ2) is 12.9. The van der Waals surface area contributed by atoms with Gasteiger partial charge in [-0.3, -0.25) is 0 Å². The minimum Gasteiger partial charge on any atom is -0.457 e. The fraction of sp³-hybridized carbons (Fsp3) is 0.0182. The highest BCUT2D eigenvalue weighted by Gasteiger charge is 2.51. The lowest BCUT2D eigenvalue weighted by atomic mass is 9.66. The van der Waals surface area contributed by atoms with Gasteiger partial charge in [0, 0.05) is 48.4 Å². The second-order valence-corrected chi connectivity index (χ2v) is 16.3. The van der Waals surface area contributed by atoms with Crippen LogP contribution in [0.5, 0.6) is 11.5 Å². The van der Waals surface area contributed by atoms with E-state index < -0.39 is 5.41 Å². The fourth-order valence-corrected chi connectivity index (χ4v) is 10.9. The van der Waals surface area contributed by atoms with Crippen LogP contribution < -0.4 is 9.64 Å². The largest absolute Gasteiger partial charge is 0.457 e. The van der Waals surface area contributed by atoms with Crippen LogP contribution in [0.3, 0.4) is 0 Å². The Morgan fingerprint density at radius 2 is 0.948 bits per heavy atom. The number of thiophene rings is 1. The summed E-state index contributed by atoms with van der Waals surface area (Å²) in [6.07, 6.45) is 0. The number of rotatable bonds is 5. The first-order chi connectivity index (χ1) is 28.8. The van der Waals surface area contributed by atoms with E-state index in [2.05, 4.69) is 217 Å². The molecule has 0 amide bonds. The van der Waals surface area contributed by atoms with Crippen molar-refractivity contribution in [3.05, 3.63) is 235 Å². The van der Waals surface area contributed by atoms with Crippen molar-refractivity contribution in [1.82, 2.24) is 0 Å². The minimum absolute atomic E-state index is 0.497. The second-order valence-electron chi connectivity index (χ2n) is 15.2. The minimum atomic E-state index is -0.497. The van der Waals surface area contributed by atoms with Crippen LogP contribution in [0.25, 0.3) is 53.6 Å². The topological polar surface area (TPSA) is 12.5 Å². The summed E-state index contributed by atoms with van der Waals surface area (Å²) in [5.74, 6) is 1.80. The van der Waals surface area contributed by atoms with E-state index in [1.165, 1.54) is 64.7 Å². The number of benzene rings is 9. The third kappa shape index (κ3) is 4.84. The Hall–Kier alpha value is -7.20. The lowest BCUT2D eigenvalue weighted by Gasteiger charge is -2.39. The smallest absolute Gasteiger partial charge is 0.132 e. The standard InChI is InChI=1S/C55H35NOS/c1-2-15-39(16-3-1)56(41-17-12-14-38(34-41)42-21-13-22-46-45-20-6-11-27-53(45)58-54(42)46)40-31-28-36(29-32-40)37-30-33-52-50(35-37)55(49-25-9-10-26-51(49)57-52)47-23-7-4-18-43(47)44-19-5-8-24-48(44)55/h1-35H. The van der Waals surface area contributed by atoms with Gasteiger partial charge in [0.15, 0.2) is 0 Å². The Morgan fingerprint density at radius 3 is 1.76 bits per heavy atom. The van der Waals surface area contributed by atoms with Gasteiger partial charge in [-0.05, 0) is 105 Å². The first-order valence-corrected chi connectivity index (χ1v) is 20.6. The summed E-state index contributed by atoms with van der Waals surface area (Å²) in [4.78, 5) is 2.36. The molecule has 0 N–H and O–H groups in total. The van der Waals surface area contributed by atoms with E-state index in [-0.39, 0.29) is 0 Å². The number of nitrogens with zero attached hydrogens (tertiary/aromatic N) is 1. The van der Waals surface area contributed by atoms with Crippen LogP contribution in [-0.4, -0.2) is 0 Å². The molecule has 0 saturated heterocycles. The van der Waals surface area contributed by atoms with E-state index in [1.807, 2.05) is 11.3 Å². The number of fused-ring (bicyclic) bond motifs is 12. The molecule has 58 heavy (non-hydrogen) atoms. The van der Waals surface area contributed by atoms with Crippen LogP contribution in [0.1, 0.15) is 22.3 Å². The molecule has 9 aromatic carbocycles. The van der Waals surface area contributed by atoms with Crippen LogP contribution in [-0.2, 0) is 5.41 Å². The van der Waals surface area contributed by atoms with Crippen molar-refractivity contribution < 1.29 is 4.74 Å². The van der Waals surface area contributed by atoms with Crippen molar-refractivity contribution in [3.8, 4) is 44.9 Å². The highest BCUT2D eigenvalue weighted by atomic mass is 32.1. The van der Waals surface area contributed by atoms with E-state index in [9.17, 15) is 0 Å². The predicted octanol–water partition coefficient (Wildman–Crippen LogP) is 15.3. The van der Waals surface area contributed by atoms with Crippen LogP contribution in [0.2, 0.25) is 0 Å². The molecule has 1 aromatic heterocycles. The van der Waals surface area contributed by atoms with Gasteiger partial charge in [0.05, 0.1) is 5.41 Å². The Bertz CT molecular complexity index is 3170. The van der Waals surface area contributed by atoms with E-state index in [1.54, 1.807) is 0 Å². The number of hydrogen-bond acceptors (Lipinski definition) is 3. The summed E-state index contributed by atoms with van der Waals surface area (Å²) in [5, 5.41) is 2.63. The maximum Gasteiger partial charge on any atom is 0.132 e. The average Bonchev–Trinajstić information content (AvgIpc) is 3.82. The zero-order valence-electron chi connectivity index (χ0n) is 31.5. The van der Waals surface area contributed by atoms with Gasteiger partial charge in [-0.2, -0.15) is 0 Å². The molecule has 2 heterocycles. The van der Waals surface area contributed by atoms with Gasteiger partial charge in [0.25, 0.3) is 0 Å². The maximum absolute atomic E-state index is 6.71. The third-order valence-corrected chi connectivity index (χ3v) is 13.4. The molecule has 0 atom stereocenters. The summed E-state index contributed by atoms with van der Waals surface area (Å²) in [7, 11) is 0. The van der Waals surface area contributed by atoms with Gasteiger partial charge in [-0.15, -0.1) is 11.3 Å². The molecule has 272 valence electrons. The molecule has 0 unspecified atom stereocenters. The highest BCUT2D eigenvalue weighted by Crippen LogP contribution is 2.62. The van der Waals surface area contributed by atoms with Crippen molar-refractivity contribution >= 4 is 48.6 Å². The van der Waals surface area contributed by atoms with Crippen LogP contribution in [0.4, 0.5) is 17.1 Å². The normalized spacial score (nSPS) is 13.1. The molecule has 0 fully saturated rings. The molecule has 1 spiro atoms. The molecule has 0 bridgehead atoms. The van der Waals surface area contributed by atoms with Gasteiger partial charge in [0.2, 0.25) is 0 Å². The van der Waals surface area contributed by atoms with Crippen molar-refractivity contribution in [3.63, 3.8) is 0 Å². The monoisotopic (exact) mass is 757 g/mol. The van der Waals surface area contributed by atoms with E-state index in [0.717, 1.165) is 39.7 Å². The van der Waals surface area contributed by atoms with Gasteiger partial charge < -0.3 is 9.64 Å². The predicted molar refractivity (Wildman–Crippen MR) is 242 cm³/mol. The van der Waals surface area contributed by atoms with Crippen molar-refractivity contribution in [2.75, 3.05) is 4.90 Å². The lowest BCUT2D eigenvalue weighted by molar-refractivity contribution is 0.436. The molecule has 3 heteroatoms. The Balaban J connectivity index is 0.971. The molecule has 0 radical (unpaired) electrons. The van der Waals surface area contributed by atoms with E-state index >= 15 is 0 Å². The highest BCUT2D eigenvalue weighted by molar-refractivity contribution is 7.26. The number of ether oxygens (including phenoxy) is 1. The zero-order chi connectivity index (χ0) is 38.2. The zero-order valence-corrected chi connectivity index (χ0v) is 32.3. The Labute approximate surface area is 341 Å². The first kappa shape index (κ1) is 33.0. The molecule has 1 aliphatic heterocycles. The lowest BCUT2D eigenvalue weighted by Crippen LogP contribution is -2.32. The maximum atomic E-state index is 6.71. The van der Waals surface area contributed by atoms with E-state index in [4.69, 9.17) is 4.74 Å². The molecule has 10 aromatic rings. The molecular weight excluding hydrogens is 723 g/mol. The molecule has 1 aliphatic carbocycles. The van der Waals surface area contributed by atoms with E-state index in [0.29, 0.717) is 0 Å². The van der Waals surface area contributed by atoms with Crippen molar-refractivity contribution in [1.29, 1.82) is 0 Å². The molecular formula is C55H35NOS. The summed E-state index contributed by atoms with van der Waals surface area (Å²) in [6, 6.07) is 77.2. The molecule has 12 rings (SSSR count). The third-order valence-electron chi connectivity index (χ3n) is 12.1. The summed E-state index contributed by atoms with van der Waals surface area (Å²) >= 11 is 1.87. The molecule has 0 saturated carbocycles. The summed E-state index contributed by atoms with van der Waals surface area (Å²) < 4.78 is 9.35. The first-order valence-electron chi connectivity index (χ1n) is 19.8. The summed E-state index contributed by atoms with van der Waals surface area (Å²) in [6.45, 7) is 0. The van der Waals surface area contributed by atoms with Crippen LogP contribution >= 0.6 is 11.3 Å². The van der Waals surface area contributed by atoms with Crippen molar-refractivity contribution in [2.45, 2.75) is 5.41 Å². The number of hydrogen-bond donors (Lipinski definition) is 0. The number of anilines is 3. The fourth-order valence-electron chi connectivity index (χ4n) is 9.65. The quantitative estimate of drug-likeness (QED) is 0.173. The summed E-state index contributed by atoms with van der Waals surface area (Å²) in [5.41, 5.74) is 15.1. The Morgan fingerprint density at radius 1 is 0.362 bits per heavy atom.